The third kappa shape index (κ3) is 3.20. The highest BCUT2D eigenvalue weighted by Crippen LogP contribution is 2.26. The average molecular weight is 362 g/mol. The molecule has 18 heavy (non-hydrogen) atoms. The number of hydrogen-bond acceptors (Lipinski definition) is 2. The van der Waals surface area contributed by atoms with Crippen LogP contribution in [0, 0.1) is 15.3 Å². The standard InChI is InChI=1S/C13H16FIN2O/c14-8-5-6-12(10(15)7-8)17-13(18)9-3-1-2-4-11(9)16/h5-7,9,11H,1-4,16H2,(H,17,18). The van der Waals surface area contributed by atoms with Gasteiger partial charge in [0, 0.05) is 9.61 Å². The van der Waals surface area contributed by atoms with Crippen LogP contribution in [-0.2, 0) is 4.79 Å². The van der Waals surface area contributed by atoms with Gasteiger partial charge in [-0.25, -0.2) is 4.39 Å². The number of carbonyl (C=O) groups excluding carboxylic acids is 1. The van der Waals surface area contributed by atoms with Crippen LogP contribution in [0.5, 0.6) is 0 Å². The normalized spacial score (nSPS) is 23.7. The zero-order valence-corrected chi connectivity index (χ0v) is 12.1. The Balaban J connectivity index is 2.06. The van der Waals surface area contributed by atoms with E-state index in [4.69, 9.17) is 5.73 Å². The average Bonchev–Trinajstić information content (AvgIpc) is 2.33. The van der Waals surface area contributed by atoms with Gasteiger partial charge in [-0.3, -0.25) is 4.79 Å². The minimum atomic E-state index is -0.299. The van der Waals surface area contributed by atoms with Crippen LogP contribution in [0.25, 0.3) is 0 Å². The molecule has 0 radical (unpaired) electrons. The van der Waals surface area contributed by atoms with Crippen LogP contribution in [0.15, 0.2) is 18.2 Å². The highest BCUT2D eigenvalue weighted by molar-refractivity contribution is 14.1. The van der Waals surface area contributed by atoms with E-state index in [-0.39, 0.29) is 23.7 Å². The summed E-state index contributed by atoms with van der Waals surface area (Å²) in [7, 11) is 0. The van der Waals surface area contributed by atoms with Crippen molar-refractivity contribution in [2.45, 2.75) is 31.7 Å². The van der Waals surface area contributed by atoms with Crippen LogP contribution in [0.4, 0.5) is 10.1 Å². The van der Waals surface area contributed by atoms with E-state index in [0.717, 1.165) is 25.7 Å². The minimum Gasteiger partial charge on any atom is -0.327 e. The molecule has 1 saturated carbocycles. The molecule has 0 aliphatic heterocycles. The quantitative estimate of drug-likeness (QED) is 0.795. The first-order valence-electron chi connectivity index (χ1n) is 6.09. The zero-order valence-electron chi connectivity index (χ0n) is 9.96. The van der Waals surface area contributed by atoms with E-state index in [0.29, 0.717) is 9.26 Å². The Morgan fingerprint density at radius 3 is 2.78 bits per heavy atom. The van der Waals surface area contributed by atoms with E-state index in [1.807, 2.05) is 22.6 Å². The number of halogens is 2. The molecule has 1 aliphatic rings. The van der Waals surface area contributed by atoms with Crippen molar-refractivity contribution >= 4 is 34.2 Å². The lowest BCUT2D eigenvalue weighted by molar-refractivity contribution is -0.121. The van der Waals surface area contributed by atoms with Gasteiger partial charge in [0.05, 0.1) is 11.6 Å². The molecule has 1 aromatic carbocycles. The molecule has 1 amide bonds. The highest BCUT2D eigenvalue weighted by Gasteiger charge is 2.28. The van der Waals surface area contributed by atoms with Gasteiger partial charge >= 0.3 is 0 Å². The van der Waals surface area contributed by atoms with E-state index in [1.54, 1.807) is 6.07 Å². The molecule has 1 fully saturated rings. The molecule has 5 heteroatoms. The summed E-state index contributed by atoms with van der Waals surface area (Å²) < 4.78 is 13.7. The van der Waals surface area contributed by atoms with Crippen LogP contribution in [0.1, 0.15) is 25.7 Å². The summed E-state index contributed by atoms with van der Waals surface area (Å²) in [5.74, 6) is -0.474. The topological polar surface area (TPSA) is 55.1 Å². The lowest BCUT2D eigenvalue weighted by atomic mass is 9.84. The first-order chi connectivity index (χ1) is 8.58. The fraction of sp³-hybridized carbons (Fsp3) is 0.462. The molecule has 1 aromatic rings. The van der Waals surface area contributed by atoms with E-state index in [1.165, 1.54) is 12.1 Å². The molecule has 2 atom stereocenters. The number of benzene rings is 1. The molecule has 0 heterocycles. The Morgan fingerprint density at radius 2 is 2.11 bits per heavy atom. The van der Waals surface area contributed by atoms with Gasteiger partial charge in [0.1, 0.15) is 5.82 Å². The van der Waals surface area contributed by atoms with Crippen molar-refractivity contribution in [2.75, 3.05) is 5.32 Å². The predicted molar refractivity (Wildman–Crippen MR) is 77.7 cm³/mol. The second kappa shape index (κ2) is 5.97. The number of hydrogen-bond donors (Lipinski definition) is 2. The summed E-state index contributed by atoms with van der Waals surface area (Å²) in [6.45, 7) is 0. The second-order valence-electron chi connectivity index (χ2n) is 4.67. The lowest BCUT2D eigenvalue weighted by Crippen LogP contribution is -2.40. The van der Waals surface area contributed by atoms with Gasteiger partial charge in [-0.05, 0) is 53.6 Å². The first kappa shape index (κ1) is 13.7. The Bertz CT molecular complexity index is 453. The molecule has 2 rings (SSSR count). The first-order valence-corrected chi connectivity index (χ1v) is 7.17. The number of nitrogens with two attached hydrogens (primary N) is 1. The van der Waals surface area contributed by atoms with Gasteiger partial charge in [-0.15, -0.1) is 0 Å². The van der Waals surface area contributed by atoms with Gasteiger partial charge in [-0.2, -0.15) is 0 Å². The van der Waals surface area contributed by atoms with Crippen LogP contribution in [0.2, 0.25) is 0 Å². The fourth-order valence-electron chi connectivity index (χ4n) is 2.30. The Hall–Kier alpha value is -0.690. The highest BCUT2D eigenvalue weighted by atomic mass is 127. The van der Waals surface area contributed by atoms with Gasteiger partial charge in [-0.1, -0.05) is 12.8 Å². The summed E-state index contributed by atoms with van der Waals surface area (Å²) in [5.41, 5.74) is 6.63. The molecule has 0 bridgehead atoms. The van der Waals surface area contributed by atoms with Crippen LogP contribution >= 0.6 is 22.6 Å². The summed E-state index contributed by atoms with van der Waals surface area (Å²) >= 11 is 2.01. The van der Waals surface area contributed by atoms with Crippen LogP contribution < -0.4 is 11.1 Å². The molecule has 0 saturated heterocycles. The minimum absolute atomic E-state index is 0.0493. The predicted octanol–water partition coefficient (Wildman–Crippen LogP) is 2.89. The zero-order chi connectivity index (χ0) is 13.1. The molecule has 0 aromatic heterocycles. The molecular formula is C13H16FIN2O. The number of amides is 1. The maximum Gasteiger partial charge on any atom is 0.229 e. The largest absolute Gasteiger partial charge is 0.327 e. The SMILES string of the molecule is NC1CCCCC1C(=O)Nc1ccc(F)cc1I. The maximum absolute atomic E-state index is 13.0. The van der Waals surface area contributed by atoms with Gasteiger partial charge < -0.3 is 11.1 Å². The van der Waals surface area contributed by atoms with Crippen molar-refractivity contribution in [2.24, 2.45) is 11.7 Å². The maximum atomic E-state index is 13.0. The number of carbonyl (C=O) groups is 1. The summed E-state index contributed by atoms with van der Waals surface area (Å²) in [4.78, 5) is 12.1. The third-order valence-electron chi connectivity index (χ3n) is 3.35. The van der Waals surface area contributed by atoms with Gasteiger partial charge in [0.25, 0.3) is 0 Å². The molecule has 98 valence electrons. The third-order valence-corrected chi connectivity index (χ3v) is 4.24. The van der Waals surface area contributed by atoms with E-state index in [9.17, 15) is 9.18 Å². The van der Waals surface area contributed by atoms with Crippen molar-refractivity contribution in [3.05, 3.63) is 27.6 Å². The Morgan fingerprint density at radius 1 is 1.39 bits per heavy atom. The molecule has 1 aliphatic carbocycles. The van der Waals surface area contributed by atoms with Crippen molar-refractivity contribution in [1.29, 1.82) is 0 Å². The molecular weight excluding hydrogens is 346 g/mol. The second-order valence-corrected chi connectivity index (χ2v) is 5.83. The smallest absolute Gasteiger partial charge is 0.229 e. The van der Waals surface area contributed by atoms with E-state index < -0.39 is 0 Å². The molecule has 2 unspecified atom stereocenters. The fourth-order valence-corrected chi connectivity index (χ4v) is 2.91. The molecule has 3 N–H and O–H groups in total. The van der Waals surface area contributed by atoms with E-state index in [2.05, 4.69) is 5.32 Å². The van der Waals surface area contributed by atoms with Crippen LogP contribution in [-0.4, -0.2) is 11.9 Å². The molecule has 3 nitrogen and oxygen atoms in total. The Labute approximate surface area is 119 Å². The Kier molecular flexibility index (Phi) is 4.55. The summed E-state index contributed by atoms with van der Waals surface area (Å²) in [5, 5.41) is 2.84. The molecule has 0 spiro atoms. The van der Waals surface area contributed by atoms with Gasteiger partial charge in [0.2, 0.25) is 5.91 Å². The monoisotopic (exact) mass is 362 g/mol. The summed E-state index contributed by atoms with van der Waals surface area (Å²) in [6, 6.07) is 4.27. The van der Waals surface area contributed by atoms with Gasteiger partial charge in [0.15, 0.2) is 0 Å². The van der Waals surface area contributed by atoms with Crippen molar-refractivity contribution in [1.82, 2.24) is 0 Å². The van der Waals surface area contributed by atoms with E-state index >= 15 is 0 Å². The number of rotatable bonds is 2. The van der Waals surface area contributed by atoms with Crippen molar-refractivity contribution in [3.63, 3.8) is 0 Å². The van der Waals surface area contributed by atoms with Crippen molar-refractivity contribution < 1.29 is 9.18 Å². The van der Waals surface area contributed by atoms with Crippen molar-refractivity contribution in [3.8, 4) is 0 Å². The number of nitrogens with one attached hydrogen (secondary N) is 1. The summed E-state index contributed by atoms with van der Waals surface area (Å²) in [6.07, 6.45) is 3.88. The van der Waals surface area contributed by atoms with Crippen LogP contribution in [0.3, 0.4) is 0 Å². The lowest BCUT2D eigenvalue weighted by Gasteiger charge is -2.27. The number of anilines is 1.